The molecule has 0 bridgehead atoms. The summed E-state index contributed by atoms with van der Waals surface area (Å²) in [6, 6.07) is -2.01. The summed E-state index contributed by atoms with van der Waals surface area (Å²) in [5, 5.41) is 21.6. The minimum Gasteiger partial charge on any atom is -0.480 e. The molecule has 8 nitrogen and oxygen atoms in total. The van der Waals surface area contributed by atoms with Gasteiger partial charge in [-0.15, -0.1) is 0 Å². The van der Waals surface area contributed by atoms with E-state index < -0.39 is 43.0 Å². The number of carbonyl (C=O) groups is 3. The lowest BCUT2D eigenvalue weighted by molar-refractivity contribution is -0.138. The molecule has 0 unspecified atom stereocenters. The molecule has 0 aromatic carbocycles. The predicted molar refractivity (Wildman–Crippen MR) is 62.5 cm³/mol. The van der Waals surface area contributed by atoms with Gasteiger partial charge in [0.2, 0.25) is 11.8 Å². The minimum atomic E-state index is -1.22. The van der Waals surface area contributed by atoms with Crippen molar-refractivity contribution < 1.29 is 24.6 Å². The van der Waals surface area contributed by atoms with Crippen LogP contribution in [0.5, 0.6) is 0 Å². The van der Waals surface area contributed by atoms with Crippen LogP contribution in [0.2, 0.25) is 0 Å². The summed E-state index contributed by atoms with van der Waals surface area (Å²) < 4.78 is 0. The zero-order valence-electron chi connectivity index (χ0n) is 10.3. The van der Waals surface area contributed by atoms with Gasteiger partial charge in [-0.3, -0.25) is 14.4 Å². The maximum atomic E-state index is 11.6. The maximum absolute atomic E-state index is 11.6. The molecule has 0 saturated heterocycles. The number of aliphatic hydroxyl groups excluding tert-OH is 1. The normalized spacial score (nSPS) is 13.8. The Kier molecular flexibility index (Phi) is 6.91. The van der Waals surface area contributed by atoms with Crippen LogP contribution in [-0.2, 0) is 14.4 Å². The van der Waals surface area contributed by atoms with E-state index in [9.17, 15) is 14.4 Å². The van der Waals surface area contributed by atoms with Gasteiger partial charge < -0.3 is 26.6 Å². The van der Waals surface area contributed by atoms with E-state index in [1.165, 1.54) is 0 Å². The highest BCUT2D eigenvalue weighted by atomic mass is 16.4. The summed E-state index contributed by atoms with van der Waals surface area (Å²) in [4.78, 5) is 33.2. The predicted octanol–water partition coefficient (Wildman–Crippen LogP) is -2.35. The number of amides is 2. The van der Waals surface area contributed by atoms with Crippen molar-refractivity contribution in [1.82, 2.24) is 10.6 Å². The van der Waals surface area contributed by atoms with Crippen LogP contribution in [0.1, 0.15) is 13.8 Å². The number of carboxylic acids is 1. The van der Waals surface area contributed by atoms with Gasteiger partial charge in [0.15, 0.2) is 0 Å². The summed E-state index contributed by atoms with van der Waals surface area (Å²) in [5.41, 5.74) is 5.57. The first-order valence-electron chi connectivity index (χ1n) is 5.45. The fourth-order valence-electron chi connectivity index (χ4n) is 1.05. The average molecular weight is 261 g/mol. The summed E-state index contributed by atoms with van der Waals surface area (Å²) in [6.07, 6.45) is 0. The summed E-state index contributed by atoms with van der Waals surface area (Å²) in [7, 11) is 0. The van der Waals surface area contributed by atoms with Crippen molar-refractivity contribution in [1.29, 1.82) is 0 Å². The van der Waals surface area contributed by atoms with E-state index in [1.807, 2.05) is 0 Å². The molecule has 0 aliphatic heterocycles. The molecule has 2 atom stereocenters. The third-order valence-corrected chi connectivity index (χ3v) is 2.25. The van der Waals surface area contributed by atoms with Gasteiger partial charge in [-0.25, -0.2) is 0 Å². The number of nitrogens with two attached hydrogens (primary N) is 1. The molecule has 0 heterocycles. The quantitative estimate of drug-likeness (QED) is 0.347. The second-order valence-corrected chi connectivity index (χ2v) is 4.13. The standard InChI is InChI=1S/C10H19N3O5/c1-5(2)8(11)10(18)13-6(4-14)9(17)12-3-7(15)16/h5-6,8,14H,3-4,11H2,1-2H3,(H,12,17)(H,13,18)(H,15,16)/t6-,8-/m0/s1. The van der Waals surface area contributed by atoms with Crippen LogP contribution in [0, 0.1) is 5.92 Å². The van der Waals surface area contributed by atoms with Crippen molar-refractivity contribution in [3.05, 3.63) is 0 Å². The van der Waals surface area contributed by atoms with Crippen LogP contribution in [0.15, 0.2) is 0 Å². The van der Waals surface area contributed by atoms with Gasteiger partial charge in [-0.05, 0) is 5.92 Å². The van der Waals surface area contributed by atoms with Gasteiger partial charge in [0.05, 0.1) is 12.6 Å². The lowest BCUT2D eigenvalue weighted by Crippen LogP contribution is -2.54. The number of carbonyl (C=O) groups excluding carboxylic acids is 2. The Balaban J connectivity index is 4.37. The number of aliphatic carboxylic acids is 1. The number of hydrogen-bond donors (Lipinski definition) is 5. The first-order chi connectivity index (χ1) is 8.29. The molecular formula is C10H19N3O5. The van der Waals surface area contributed by atoms with E-state index in [0.717, 1.165) is 0 Å². The second kappa shape index (κ2) is 7.62. The van der Waals surface area contributed by atoms with E-state index in [0.29, 0.717) is 0 Å². The molecular weight excluding hydrogens is 242 g/mol. The van der Waals surface area contributed by atoms with E-state index in [1.54, 1.807) is 13.8 Å². The molecule has 0 aromatic heterocycles. The number of nitrogens with one attached hydrogen (secondary N) is 2. The molecule has 0 fully saturated rings. The molecule has 2 amide bonds. The third kappa shape index (κ3) is 5.60. The Morgan fingerprint density at radius 3 is 2.17 bits per heavy atom. The zero-order valence-corrected chi connectivity index (χ0v) is 10.3. The Labute approximate surface area is 105 Å². The number of aliphatic hydroxyl groups is 1. The van der Waals surface area contributed by atoms with Crippen LogP contribution < -0.4 is 16.4 Å². The molecule has 104 valence electrons. The lowest BCUT2D eigenvalue weighted by Gasteiger charge is -2.20. The summed E-state index contributed by atoms with van der Waals surface area (Å²) >= 11 is 0. The molecule has 0 rings (SSSR count). The Hall–Kier alpha value is -1.67. The zero-order chi connectivity index (χ0) is 14.3. The monoisotopic (exact) mass is 261 g/mol. The molecule has 6 N–H and O–H groups in total. The van der Waals surface area contributed by atoms with E-state index in [4.69, 9.17) is 15.9 Å². The molecule has 0 aromatic rings. The largest absolute Gasteiger partial charge is 0.480 e. The highest BCUT2D eigenvalue weighted by Gasteiger charge is 2.24. The Morgan fingerprint density at radius 1 is 1.22 bits per heavy atom. The van der Waals surface area contributed by atoms with Crippen LogP contribution in [0.25, 0.3) is 0 Å². The SMILES string of the molecule is CC(C)[C@H](N)C(=O)N[C@@H](CO)C(=O)NCC(=O)O. The van der Waals surface area contributed by atoms with Crippen molar-refractivity contribution >= 4 is 17.8 Å². The Morgan fingerprint density at radius 2 is 1.78 bits per heavy atom. The minimum absolute atomic E-state index is 0.119. The van der Waals surface area contributed by atoms with Crippen LogP contribution in [-0.4, -0.2) is 53.2 Å². The number of carboxylic acid groups (broad SMARTS) is 1. The topological polar surface area (TPSA) is 142 Å². The van der Waals surface area contributed by atoms with Crippen molar-refractivity contribution in [2.45, 2.75) is 25.9 Å². The van der Waals surface area contributed by atoms with Crippen LogP contribution >= 0.6 is 0 Å². The highest BCUT2D eigenvalue weighted by Crippen LogP contribution is 1.98. The average Bonchev–Trinajstić information content (AvgIpc) is 2.31. The Bertz CT molecular complexity index is 319. The van der Waals surface area contributed by atoms with Gasteiger partial charge in [0.25, 0.3) is 0 Å². The van der Waals surface area contributed by atoms with E-state index in [2.05, 4.69) is 10.6 Å². The third-order valence-electron chi connectivity index (χ3n) is 2.25. The number of hydrogen-bond acceptors (Lipinski definition) is 5. The van der Waals surface area contributed by atoms with E-state index >= 15 is 0 Å². The molecule has 8 heteroatoms. The van der Waals surface area contributed by atoms with Crippen molar-refractivity contribution in [3.8, 4) is 0 Å². The highest BCUT2D eigenvalue weighted by molar-refractivity contribution is 5.91. The second-order valence-electron chi connectivity index (χ2n) is 4.13. The fraction of sp³-hybridized carbons (Fsp3) is 0.700. The lowest BCUT2D eigenvalue weighted by atomic mass is 10.0. The van der Waals surface area contributed by atoms with Crippen molar-refractivity contribution in [3.63, 3.8) is 0 Å². The smallest absolute Gasteiger partial charge is 0.322 e. The van der Waals surface area contributed by atoms with Crippen molar-refractivity contribution in [2.24, 2.45) is 11.7 Å². The van der Waals surface area contributed by atoms with Gasteiger partial charge >= 0.3 is 5.97 Å². The molecule has 0 aliphatic rings. The molecule has 18 heavy (non-hydrogen) atoms. The molecule has 0 radical (unpaired) electrons. The van der Waals surface area contributed by atoms with Gasteiger partial charge in [0.1, 0.15) is 12.6 Å². The first kappa shape index (κ1) is 16.3. The van der Waals surface area contributed by atoms with Gasteiger partial charge in [-0.2, -0.15) is 0 Å². The van der Waals surface area contributed by atoms with Gasteiger partial charge in [-0.1, -0.05) is 13.8 Å². The fourth-order valence-corrected chi connectivity index (χ4v) is 1.05. The summed E-state index contributed by atoms with van der Waals surface area (Å²) in [5.74, 6) is -2.68. The molecule has 0 saturated carbocycles. The van der Waals surface area contributed by atoms with Crippen molar-refractivity contribution in [2.75, 3.05) is 13.2 Å². The first-order valence-corrected chi connectivity index (χ1v) is 5.45. The van der Waals surface area contributed by atoms with Crippen LogP contribution in [0.3, 0.4) is 0 Å². The molecule has 0 aliphatic carbocycles. The molecule has 0 spiro atoms. The summed E-state index contributed by atoms with van der Waals surface area (Å²) in [6.45, 7) is 2.26. The van der Waals surface area contributed by atoms with Crippen LogP contribution in [0.4, 0.5) is 0 Å². The van der Waals surface area contributed by atoms with E-state index in [-0.39, 0.29) is 5.92 Å². The number of rotatable bonds is 7. The van der Waals surface area contributed by atoms with Gasteiger partial charge in [0, 0.05) is 0 Å². The maximum Gasteiger partial charge on any atom is 0.322 e.